The van der Waals surface area contributed by atoms with Crippen molar-refractivity contribution in [3.8, 4) is 11.5 Å². The third kappa shape index (κ3) is 2.71. The predicted molar refractivity (Wildman–Crippen MR) is 80.3 cm³/mol. The summed E-state index contributed by atoms with van der Waals surface area (Å²) in [5, 5.41) is 2.84. The Balaban J connectivity index is 1.89. The van der Waals surface area contributed by atoms with Gasteiger partial charge in [-0.25, -0.2) is 10.2 Å². The van der Waals surface area contributed by atoms with Gasteiger partial charge < -0.3 is 10.1 Å². The zero-order chi connectivity index (χ0) is 15.5. The van der Waals surface area contributed by atoms with Gasteiger partial charge in [-0.2, -0.15) is 0 Å². The van der Waals surface area contributed by atoms with Gasteiger partial charge in [-0.15, -0.1) is 0 Å². The molecule has 0 aliphatic carbocycles. The molecule has 0 bridgehead atoms. The Morgan fingerprint density at radius 1 is 0.909 bits per heavy atom. The quantitative estimate of drug-likeness (QED) is 0.706. The topological polar surface area (TPSA) is 79.5 Å². The summed E-state index contributed by atoms with van der Waals surface area (Å²) >= 11 is 0. The van der Waals surface area contributed by atoms with Gasteiger partial charge >= 0.3 is 6.03 Å². The normalized spacial score (nSPS) is 12.4. The maximum atomic E-state index is 12.0. The van der Waals surface area contributed by atoms with Gasteiger partial charge in [-0.3, -0.25) is 10.2 Å². The number of fused-ring (bicyclic) bond motifs is 2. The Hall–Kier alpha value is -3.02. The van der Waals surface area contributed by atoms with Gasteiger partial charge in [0, 0.05) is 18.1 Å². The van der Waals surface area contributed by atoms with Crippen molar-refractivity contribution in [1.29, 1.82) is 0 Å². The van der Waals surface area contributed by atoms with E-state index in [4.69, 9.17) is 4.74 Å². The molecule has 3 N–H and O–H groups in total. The molecule has 3 amide bonds. The molecule has 112 valence electrons. The Bertz CT molecular complexity index is 685. The van der Waals surface area contributed by atoms with Crippen LogP contribution in [0.3, 0.4) is 0 Å². The molecule has 22 heavy (non-hydrogen) atoms. The highest BCUT2D eigenvalue weighted by Crippen LogP contribution is 2.42. The Morgan fingerprint density at radius 3 is 2.00 bits per heavy atom. The first-order valence-corrected chi connectivity index (χ1v) is 6.84. The first-order chi connectivity index (χ1) is 10.6. The number of hydrogen-bond acceptors (Lipinski definition) is 3. The summed E-state index contributed by atoms with van der Waals surface area (Å²) in [7, 11) is 0. The van der Waals surface area contributed by atoms with Gasteiger partial charge in [0.2, 0.25) is 5.91 Å². The number of rotatable bonds is 1. The number of carbonyl (C=O) groups excluding carboxylic acids is 2. The van der Waals surface area contributed by atoms with E-state index in [2.05, 4.69) is 16.2 Å². The lowest BCUT2D eigenvalue weighted by molar-refractivity contribution is -0.119. The van der Waals surface area contributed by atoms with Gasteiger partial charge in [0.1, 0.15) is 11.5 Å². The molecule has 0 fully saturated rings. The summed E-state index contributed by atoms with van der Waals surface area (Å²) in [5.41, 5.74) is 6.27. The molecule has 0 aromatic heterocycles. The van der Waals surface area contributed by atoms with Gasteiger partial charge in [-0.05, 0) is 12.1 Å². The lowest BCUT2D eigenvalue weighted by Crippen LogP contribution is -2.47. The molecule has 0 saturated carbocycles. The maximum Gasteiger partial charge on any atom is 0.334 e. The molecule has 2 aromatic carbocycles. The van der Waals surface area contributed by atoms with Crippen molar-refractivity contribution in [2.45, 2.75) is 13.0 Å². The summed E-state index contributed by atoms with van der Waals surface area (Å²) in [5.74, 6) is 1.06. The highest BCUT2D eigenvalue weighted by atomic mass is 16.5. The number of ether oxygens (including phenoxy) is 1. The zero-order valence-electron chi connectivity index (χ0n) is 11.9. The van der Waals surface area contributed by atoms with E-state index < -0.39 is 6.03 Å². The van der Waals surface area contributed by atoms with Crippen molar-refractivity contribution in [1.82, 2.24) is 16.2 Å². The molecule has 0 atom stereocenters. The fourth-order valence-electron chi connectivity index (χ4n) is 2.38. The van der Waals surface area contributed by atoms with Crippen LogP contribution in [0, 0.1) is 0 Å². The van der Waals surface area contributed by atoms with E-state index >= 15 is 0 Å². The molecule has 0 radical (unpaired) electrons. The first-order valence-electron chi connectivity index (χ1n) is 6.84. The number of hydrogen-bond donors (Lipinski definition) is 3. The van der Waals surface area contributed by atoms with E-state index in [1.165, 1.54) is 6.92 Å². The number of benzene rings is 2. The SMILES string of the molecule is CC(=O)NNC(=O)NC1c2ccccc2Oc2ccccc21. The van der Waals surface area contributed by atoms with Crippen LogP contribution in [-0.2, 0) is 4.79 Å². The molecule has 1 aliphatic heterocycles. The van der Waals surface area contributed by atoms with Crippen molar-refractivity contribution in [2.75, 3.05) is 0 Å². The monoisotopic (exact) mass is 297 g/mol. The van der Waals surface area contributed by atoms with Crippen LogP contribution in [0.2, 0.25) is 0 Å². The standard InChI is InChI=1S/C16H15N3O3/c1-10(20)18-19-16(21)17-15-11-6-2-4-8-13(11)22-14-9-5-3-7-12(14)15/h2-9,15H,1H3,(H,18,20)(H2,17,19,21). The maximum absolute atomic E-state index is 12.0. The molecule has 6 nitrogen and oxygen atoms in total. The average molecular weight is 297 g/mol. The van der Waals surface area contributed by atoms with Crippen LogP contribution in [0.15, 0.2) is 48.5 Å². The van der Waals surface area contributed by atoms with E-state index in [1.807, 2.05) is 48.5 Å². The second-order valence-corrected chi connectivity index (χ2v) is 4.89. The molecule has 6 heteroatoms. The van der Waals surface area contributed by atoms with Crippen molar-refractivity contribution in [3.05, 3.63) is 59.7 Å². The molecule has 1 heterocycles. The highest BCUT2D eigenvalue weighted by molar-refractivity contribution is 5.80. The first kappa shape index (κ1) is 13.9. The summed E-state index contributed by atoms with van der Waals surface area (Å²) < 4.78 is 5.85. The number of para-hydroxylation sites is 2. The molecule has 0 saturated heterocycles. The Labute approximate surface area is 127 Å². The van der Waals surface area contributed by atoms with Crippen LogP contribution in [0.25, 0.3) is 0 Å². The summed E-state index contributed by atoms with van der Waals surface area (Å²) in [4.78, 5) is 22.8. The average Bonchev–Trinajstić information content (AvgIpc) is 2.52. The van der Waals surface area contributed by atoms with Crippen molar-refractivity contribution in [3.63, 3.8) is 0 Å². The van der Waals surface area contributed by atoms with Crippen LogP contribution in [-0.4, -0.2) is 11.9 Å². The van der Waals surface area contributed by atoms with Crippen LogP contribution >= 0.6 is 0 Å². The van der Waals surface area contributed by atoms with Gasteiger partial charge in [0.25, 0.3) is 0 Å². The minimum atomic E-state index is -0.494. The van der Waals surface area contributed by atoms with Crippen LogP contribution in [0.1, 0.15) is 24.1 Å². The van der Waals surface area contributed by atoms with E-state index in [1.54, 1.807) is 0 Å². The fourth-order valence-corrected chi connectivity index (χ4v) is 2.38. The lowest BCUT2D eigenvalue weighted by atomic mass is 9.95. The van der Waals surface area contributed by atoms with Crippen LogP contribution < -0.4 is 20.9 Å². The van der Waals surface area contributed by atoms with Crippen molar-refractivity contribution >= 4 is 11.9 Å². The summed E-state index contributed by atoms with van der Waals surface area (Å²) in [6.07, 6.45) is 0. The number of carbonyl (C=O) groups is 2. The minimum Gasteiger partial charge on any atom is -0.457 e. The van der Waals surface area contributed by atoms with E-state index in [0.717, 1.165) is 11.1 Å². The van der Waals surface area contributed by atoms with Gasteiger partial charge in [0.05, 0.1) is 6.04 Å². The lowest BCUT2D eigenvalue weighted by Gasteiger charge is -2.28. The van der Waals surface area contributed by atoms with Crippen molar-refractivity contribution in [2.24, 2.45) is 0 Å². The molecule has 0 spiro atoms. The van der Waals surface area contributed by atoms with E-state index in [-0.39, 0.29) is 11.9 Å². The third-order valence-corrected chi connectivity index (χ3v) is 3.31. The number of hydrazine groups is 1. The second kappa shape index (κ2) is 5.77. The molecule has 1 aliphatic rings. The molecule has 2 aromatic rings. The summed E-state index contributed by atoms with van der Waals surface area (Å²) in [6.45, 7) is 1.32. The van der Waals surface area contributed by atoms with Crippen molar-refractivity contribution < 1.29 is 14.3 Å². The van der Waals surface area contributed by atoms with E-state index in [0.29, 0.717) is 11.5 Å². The molecular formula is C16H15N3O3. The Kier molecular flexibility index (Phi) is 3.65. The van der Waals surface area contributed by atoms with Gasteiger partial charge in [-0.1, -0.05) is 36.4 Å². The molecule has 3 rings (SSSR count). The largest absolute Gasteiger partial charge is 0.457 e. The molecule has 0 unspecified atom stereocenters. The fraction of sp³-hybridized carbons (Fsp3) is 0.125. The van der Waals surface area contributed by atoms with Crippen LogP contribution in [0.4, 0.5) is 4.79 Å². The number of nitrogens with one attached hydrogen (secondary N) is 3. The van der Waals surface area contributed by atoms with E-state index in [9.17, 15) is 9.59 Å². The van der Waals surface area contributed by atoms with Crippen LogP contribution in [0.5, 0.6) is 11.5 Å². The third-order valence-electron chi connectivity index (χ3n) is 3.31. The predicted octanol–water partition coefficient (Wildman–Crippen LogP) is 2.23. The summed E-state index contributed by atoms with van der Waals surface area (Å²) in [6, 6.07) is 14.2. The Morgan fingerprint density at radius 2 is 1.45 bits per heavy atom. The number of urea groups is 1. The smallest absolute Gasteiger partial charge is 0.334 e. The number of amides is 3. The van der Waals surface area contributed by atoms with Gasteiger partial charge in [0.15, 0.2) is 0 Å². The zero-order valence-corrected chi connectivity index (χ0v) is 11.9. The second-order valence-electron chi connectivity index (χ2n) is 4.89. The molecular weight excluding hydrogens is 282 g/mol. The minimum absolute atomic E-state index is 0.345. The highest BCUT2D eigenvalue weighted by Gasteiger charge is 2.27.